The van der Waals surface area contributed by atoms with Crippen molar-refractivity contribution < 1.29 is 36.0 Å². The minimum atomic E-state index is -4.72. The number of rotatable bonds is 6. The van der Waals surface area contributed by atoms with Crippen LogP contribution >= 0.6 is 0 Å². The van der Waals surface area contributed by atoms with E-state index in [0.717, 1.165) is 12.1 Å². The lowest BCUT2D eigenvalue weighted by molar-refractivity contribution is -0.384. The quantitative estimate of drug-likeness (QED) is 0.467. The molecule has 1 heterocycles. The average Bonchev–Trinajstić information content (AvgIpc) is 2.77. The van der Waals surface area contributed by atoms with Gasteiger partial charge in [-0.05, 0) is 24.3 Å². The first-order valence-electron chi connectivity index (χ1n) is 9.32. The molecule has 13 heteroatoms. The van der Waals surface area contributed by atoms with Crippen LogP contribution in [0.2, 0.25) is 0 Å². The Kier molecular flexibility index (Phi) is 6.51. The van der Waals surface area contributed by atoms with Crippen molar-refractivity contribution in [1.29, 1.82) is 0 Å². The number of alkyl halides is 3. The minimum absolute atomic E-state index is 0.000918. The van der Waals surface area contributed by atoms with Gasteiger partial charge in [-0.25, -0.2) is 8.42 Å². The lowest BCUT2D eigenvalue weighted by atomic mass is 10.1. The highest BCUT2D eigenvalue weighted by Gasteiger charge is 2.36. The van der Waals surface area contributed by atoms with Crippen LogP contribution in [0.4, 0.5) is 24.5 Å². The van der Waals surface area contributed by atoms with E-state index in [4.69, 9.17) is 9.47 Å². The van der Waals surface area contributed by atoms with Gasteiger partial charge < -0.3 is 14.4 Å². The van der Waals surface area contributed by atoms with Crippen LogP contribution in [-0.4, -0.2) is 58.0 Å². The molecule has 1 aliphatic rings. The van der Waals surface area contributed by atoms with Crippen LogP contribution in [0, 0.1) is 10.1 Å². The number of anilines is 1. The fraction of sp³-hybridized carbons (Fsp3) is 0.368. The molecule has 0 amide bonds. The molecule has 174 valence electrons. The molecule has 3 rings (SSSR count). The molecule has 2 aromatic carbocycles. The number of sulfonamides is 1. The second kappa shape index (κ2) is 8.82. The van der Waals surface area contributed by atoms with Crippen LogP contribution in [0.15, 0.2) is 41.3 Å². The minimum Gasteiger partial charge on any atom is -0.497 e. The Morgan fingerprint density at radius 3 is 2.19 bits per heavy atom. The topological polar surface area (TPSA) is 102 Å². The van der Waals surface area contributed by atoms with E-state index in [1.807, 2.05) is 0 Å². The molecule has 0 unspecified atom stereocenters. The summed E-state index contributed by atoms with van der Waals surface area (Å²) in [5.74, 6) is 0.454. The SMILES string of the molecule is COc1ccc(OC)c(S(=O)(=O)N2CCN(c3ccc(C(F)(F)F)cc3[N+](=O)[O-])CC2)c1. The number of nitrogens with zero attached hydrogens (tertiary/aromatic N) is 3. The molecule has 2 aromatic rings. The fourth-order valence-electron chi connectivity index (χ4n) is 3.41. The molecule has 1 saturated heterocycles. The maximum Gasteiger partial charge on any atom is 0.416 e. The largest absolute Gasteiger partial charge is 0.497 e. The summed E-state index contributed by atoms with van der Waals surface area (Å²) in [4.78, 5) is 11.9. The molecule has 0 radical (unpaired) electrons. The standard InChI is InChI=1S/C19H20F3N3O6S/c1-30-14-4-6-17(31-2)18(12-14)32(28,29)24-9-7-23(8-10-24)15-5-3-13(19(20,21)22)11-16(15)25(26)27/h3-6,11-12H,7-10H2,1-2H3. The predicted octanol–water partition coefficient (Wildman–Crippen LogP) is 3.14. The Morgan fingerprint density at radius 2 is 1.66 bits per heavy atom. The van der Waals surface area contributed by atoms with Crippen molar-refractivity contribution in [2.24, 2.45) is 0 Å². The van der Waals surface area contributed by atoms with Gasteiger partial charge in [0.2, 0.25) is 10.0 Å². The zero-order chi connectivity index (χ0) is 23.7. The van der Waals surface area contributed by atoms with Gasteiger partial charge in [-0.1, -0.05) is 0 Å². The maximum atomic E-state index is 13.1. The average molecular weight is 475 g/mol. The Bertz CT molecular complexity index is 1120. The van der Waals surface area contributed by atoms with E-state index in [2.05, 4.69) is 0 Å². The molecule has 0 aromatic heterocycles. The van der Waals surface area contributed by atoms with E-state index < -0.39 is 32.4 Å². The van der Waals surface area contributed by atoms with Gasteiger partial charge in [0, 0.05) is 38.3 Å². The van der Waals surface area contributed by atoms with Gasteiger partial charge in [-0.3, -0.25) is 10.1 Å². The monoisotopic (exact) mass is 475 g/mol. The molecule has 0 aliphatic carbocycles. The summed E-state index contributed by atoms with van der Waals surface area (Å²) in [6.45, 7) is 0.0528. The molecule has 1 aliphatic heterocycles. The van der Waals surface area contributed by atoms with E-state index in [0.29, 0.717) is 11.8 Å². The van der Waals surface area contributed by atoms with Crippen molar-refractivity contribution in [2.75, 3.05) is 45.3 Å². The first-order valence-corrected chi connectivity index (χ1v) is 10.8. The second-order valence-corrected chi connectivity index (χ2v) is 8.77. The van der Waals surface area contributed by atoms with Gasteiger partial charge in [0.1, 0.15) is 22.1 Å². The lowest BCUT2D eigenvalue weighted by Gasteiger charge is -2.35. The van der Waals surface area contributed by atoms with E-state index >= 15 is 0 Å². The van der Waals surface area contributed by atoms with Crippen molar-refractivity contribution in [3.05, 3.63) is 52.1 Å². The third-order valence-electron chi connectivity index (χ3n) is 5.07. The normalized spacial score (nSPS) is 15.5. The smallest absolute Gasteiger partial charge is 0.416 e. The van der Waals surface area contributed by atoms with E-state index in [9.17, 15) is 31.7 Å². The van der Waals surface area contributed by atoms with Crippen molar-refractivity contribution in [1.82, 2.24) is 4.31 Å². The molecule has 32 heavy (non-hydrogen) atoms. The summed E-state index contributed by atoms with van der Waals surface area (Å²) < 4.78 is 76.5. The summed E-state index contributed by atoms with van der Waals surface area (Å²) in [5.41, 5.74) is -1.82. The van der Waals surface area contributed by atoms with Crippen LogP contribution in [0.3, 0.4) is 0 Å². The van der Waals surface area contributed by atoms with Gasteiger partial charge in [-0.15, -0.1) is 0 Å². The Labute approximate surface area is 182 Å². The molecule has 9 nitrogen and oxygen atoms in total. The van der Waals surface area contributed by atoms with Crippen molar-refractivity contribution in [2.45, 2.75) is 11.1 Å². The Morgan fingerprint density at radius 1 is 1.00 bits per heavy atom. The molecular weight excluding hydrogens is 455 g/mol. The molecule has 0 saturated carbocycles. The molecule has 0 spiro atoms. The van der Waals surface area contributed by atoms with Crippen molar-refractivity contribution in [3.63, 3.8) is 0 Å². The summed E-state index contributed by atoms with van der Waals surface area (Å²) in [6.07, 6.45) is -4.72. The number of hydrogen-bond acceptors (Lipinski definition) is 7. The third kappa shape index (κ3) is 4.58. The highest BCUT2D eigenvalue weighted by molar-refractivity contribution is 7.89. The van der Waals surface area contributed by atoms with Crippen LogP contribution in [0.5, 0.6) is 11.5 Å². The number of benzene rings is 2. The van der Waals surface area contributed by atoms with Crippen LogP contribution in [-0.2, 0) is 16.2 Å². The summed E-state index contributed by atoms with van der Waals surface area (Å²) in [6, 6.07) is 6.65. The number of piperazine rings is 1. The van der Waals surface area contributed by atoms with Crippen LogP contribution < -0.4 is 14.4 Å². The predicted molar refractivity (Wildman–Crippen MR) is 109 cm³/mol. The maximum absolute atomic E-state index is 13.1. The number of halogens is 3. The van der Waals surface area contributed by atoms with Gasteiger partial charge in [-0.2, -0.15) is 17.5 Å². The van der Waals surface area contributed by atoms with Crippen LogP contribution in [0.1, 0.15) is 5.56 Å². The summed E-state index contributed by atoms with van der Waals surface area (Å²) in [7, 11) is -1.24. The highest BCUT2D eigenvalue weighted by atomic mass is 32.2. The number of nitro groups is 1. The summed E-state index contributed by atoms with van der Waals surface area (Å²) >= 11 is 0. The van der Waals surface area contributed by atoms with Gasteiger partial charge in [0.05, 0.1) is 24.7 Å². The number of ether oxygens (including phenoxy) is 2. The molecule has 1 fully saturated rings. The molecular formula is C19H20F3N3O6S. The number of hydrogen-bond donors (Lipinski definition) is 0. The van der Waals surface area contributed by atoms with Crippen molar-refractivity contribution in [3.8, 4) is 11.5 Å². The van der Waals surface area contributed by atoms with E-state index in [1.54, 1.807) is 6.07 Å². The molecule has 0 atom stereocenters. The molecule has 0 N–H and O–H groups in total. The van der Waals surface area contributed by atoms with Gasteiger partial charge >= 0.3 is 6.18 Å². The number of nitro benzene ring substituents is 1. The van der Waals surface area contributed by atoms with E-state index in [-0.39, 0.29) is 42.5 Å². The van der Waals surface area contributed by atoms with Crippen molar-refractivity contribution >= 4 is 21.4 Å². The first-order chi connectivity index (χ1) is 15.0. The fourth-order valence-corrected chi connectivity index (χ4v) is 5.00. The lowest BCUT2D eigenvalue weighted by Crippen LogP contribution is -2.48. The van der Waals surface area contributed by atoms with Gasteiger partial charge in [0.15, 0.2) is 0 Å². The second-order valence-electron chi connectivity index (χ2n) is 6.87. The Balaban J connectivity index is 1.85. The zero-order valence-electron chi connectivity index (χ0n) is 17.1. The number of methoxy groups -OCH3 is 2. The third-order valence-corrected chi connectivity index (χ3v) is 6.99. The van der Waals surface area contributed by atoms with Gasteiger partial charge in [0.25, 0.3) is 5.69 Å². The molecule has 0 bridgehead atoms. The Hall–Kier alpha value is -3.06. The summed E-state index contributed by atoms with van der Waals surface area (Å²) in [5, 5.41) is 11.4. The van der Waals surface area contributed by atoms with E-state index in [1.165, 1.54) is 35.6 Å². The zero-order valence-corrected chi connectivity index (χ0v) is 17.9. The first kappa shape index (κ1) is 23.6. The van der Waals surface area contributed by atoms with Crippen LogP contribution in [0.25, 0.3) is 0 Å². The highest BCUT2D eigenvalue weighted by Crippen LogP contribution is 2.37.